The van der Waals surface area contributed by atoms with Gasteiger partial charge >= 0.3 is 5.97 Å². The number of carbonyl (C=O) groups excluding carboxylic acids is 1. The highest BCUT2D eigenvalue weighted by Crippen LogP contribution is 2.03. The maximum absolute atomic E-state index is 10.5. The molecule has 0 aliphatic carbocycles. The molecule has 0 atom stereocenters. The summed E-state index contributed by atoms with van der Waals surface area (Å²) < 4.78 is 0. The van der Waals surface area contributed by atoms with Crippen molar-refractivity contribution in [2.24, 2.45) is 5.73 Å². The molecule has 0 fully saturated rings. The molecule has 1 rings (SSSR count). The number of aromatic carboxylic acids is 1. The van der Waals surface area contributed by atoms with Gasteiger partial charge in [0.05, 0.1) is 0 Å². The highest BCUT2D eigenvalue weighted by Gasteiger charge is 2.01. The number of amides is 1. The lowest BCUT2D eigenvalue weighted by Crippen LogP contribution is -2.07. The molecule has 1 heterocycles. The Hall–Kier alpha value is -2.17. The van der Waals surface area contributed by atoms with Crippen molar-refractivity contribution in [2.45, 2.75) is 6.42 Å². The molecule has 1 aromatic heterocycles. The topological polar surface area (TPSA) is 93.3 Å². The van der Waals surface area contributed by atoms with Crippen LogP contribution < -0.4 is 5.73 Å². The minimum absolute atomic E-state index is 0.0120. The number of aromatic nitrogens is 1. The summed E-state index contributed by atoms with van der Waals surface area (Å²) in [6.45, 7) is 0. The molecule has 0 unspecified atom stereocenters. The monoisotopic (exact) mass is 206 g/mol. The zero-order chi connectivity index (χ0) is 11.3. The lowest BCUT2D eigenvalue weighted by Gasteiger charge is -1.94. The first-order valence-electron chi connectivity index (χ1n) is 4.24. The van der Waals surface area contributed by atoms with Gasteiger partial charge in [-0.05, 0) is 11.6 Å². The Morgan fingerprint density at radius 3 is 2.67 bits per heavy atom. The average Bonchev–Trinajstić information content (AvgIpc) is 2.18. The molecule has 78 valence electrons. The van der Waals surface area contributed by atoms with Crippen molar-refractivity contribution < 1.29 is 14.7 Å². The molecule has 0 bridgehead atoms. The number of primary amides is 1. The minimum atomic E-state index is -1.07. The van der Waals surface area contributed by atoms with Crippen molar-refractivity contribution in [1.29, 1.82) is 0 Å². The van der Waals surface area contributed by atoms with Gasteiger partial charge in [0, 0.05) is 12.6 Å². The third-order valence-corrected chi connectivity index (χ3v) is 1.63. The van der Waals surface area contributed by atoms with Crippen LogP contribution in [0, 0.1) is 0 Å². The predicted octanol–water partition coefficient (Wildman–Crippen LogP) is 0.668. The fourth-order valence-corrected chi connectivity index (χ4v) is 0.942. The van der Waals surface area contributed by atoms with E-state index in [4.69, 9.17) is 10.8 Å². The van der Waals surface area contributed by atoms with Crippen molar-refractivity contribution in [1.82, 2.24) is 4.98 Å². The second-order valence-electron chi connectivity index (χ2n) is 2.85. The Labute approximate surface area is 86.2 Å². The van der Waals surface area contributed by atoms with Crippen LogP contribution in [0.2, 0.25) is 0 Å². The predicted molar refractivity (Wildman–Crippen MR) is 54.0 cm³/mol. The van der Waals surface area contributed by atoms with Crippen LogP contribution >= 0.6 is 0 Å². The van der Waals surface area contributed by atoms with Gasteiger partial charge in [-0.1, -0.05) is 18.2 Å². The van der Waals surface area contributed by atoms with Gasteiger partial charge in [-0.25, -0.2) is 9.78 Å². The van der Waals surface area contributed by atoms with Crippen LogP contribution in [0.4, 0.5) is 0 Å². The molecule has 1 aromatic rings. The number of rotatable bonds is 4. The first-order chi connectivity index (χ1) is 7.09. The van der Waals surface area contributed by atoms with Crippen molar-refractivity contribution in [3.05, 3.63) is 35.7 Å². The molecule has 5 nitrogen and oxygen atoms in total. The Kier molecular flexibility index (Phi) is 3.56. The van der Waals surface area contributed by atoms with E-state index in [1.54, 1.807) is 18.2 Å². The smallest absolute Gasteiger partial charge is 0.354 e. The molecule has 5 heteroatoms. The molecule has 0 saturated carbocycles. The SMILES string of the molecule is NC(=O)CC=Cc1ccc(C(=O)O)nc1. The maximum Gasteiger partial charge on any atom is 0.354 e. The Bertz CT molecular complexity index is 396. The van der Waals surface area contributed by atoms with Crippen molar-refractivity contribution in [3.63, 3.8) is 0 Å². The quantitative estimate of drug-likeness (QED) is 0.757. The summed E-state index contributed by atoms with van der Waals surface area (Å²) in [6, 6.07) is 3.00. The first-order valence-corrected chi connectivity index (χ1v) is 4.24. The Morgan fingerprint density at radius 2 is 2.20 bits per heavy atom. The van der Waals surface area contributed by atoms with E-state index in [0.717, 1.165) is 5.56 Å². The normalized spacial score (nSPS) is 10.4. The molecule has 0 aromatic carbocycles. The molecule has 3 N–H and O–H groups in total. The fourth-order valence-electron chi connectivity index (χ4n) is 0.942. The van der Waals surface area contributed by atoms with Crippen molar-refractivity contribution >= 4 is 18.0 Å². The number of carboxylic acids is 1. The van der Waals surface area contributed by atoms with E-state index in [0.29, 0.717) is 0 Å². The number of nitrogens with zero attached hydrogens (tertiary/aromatic N) is 1. The van der Waals surface area contributed by atoms with Crippen molar-refractivity contribution in [3.8, 4) is 0 Å². The van der Waals surface area contributed by atoms with E-state index in [1.165, 1.54) is 12.3 Å². The highest BCUT2D eigenvalue weighted by atomic mass is 16.4. The molecule has 0 aliphatic heterocycles. The van der Waals surface area contributed by atoms with E-state index in [1.807, 2.05) is 0 Å². The summed E-state index contributed by atoms with van der Waals surface area (Å²) >= 11 is 0. The summed E-state index contributed by atoms with van der Waals surface area (Å²) in [5.74, 6) is -1.48. The lowest BCUT2D eigenvalue weighted by molar-refractivity contribution is -0.117. The summed E-state index contributed by atoms with van der Waals surface area (Å²) in [5.41, 5.74) is 5.65. The van der Waals surface area contributed by atoms with Crippen LogP contribution in [0.5, 0.6) is 0 Å². The van der Waals surface area contributed by atoms with Gasteiger partial charge in [0.2, 0.25) is 5.91 Å². The second-order valence-corrected chi connectivity index (χ2v) is 2.85. The van der Waals surface area contributed by atoms with E-state index < -0.39 is 11.9 Å². The molecule has 15 heavy (non-hydrogen) atoms. The highest BCUT2D eigenvalue weighted by molar-refractivity contribution is 5.85. The number of hydrogen-bond donors (Lipinski definition) is 2. The number of pyridine rings is 1. The summed E-state index contributed by atoms with van der Waals surface area (Å²) in [5, 5.41) is 8.58. The number of hydrogen-bond acceptors (Lipinski definition) is 3. The third kappa shape index (κ3) is 3.60. The van der Waals surface area contributed by atoms with Crippen molar-refractivity contribution in [2.75, 3.05) is 0 Å². The zero-order valence-corrected chi connectivity index (χ0v) is 7.88. The Morgan fingerprint density at radius 1 is 1.47 bits per heavy atom. The molecular formula is C10H10N2O3. The van der Waals surface area contributed by atoms with E-state index >= 15 is 0 Å². The average molecular weight is 206 g/mol. The van der Waals surface area contributed by atoms with Gasteiger partial charge in [0.25, 0.3) is 0 Å². The molecule has 0 aliphatic rings. The number of carbonyl (C=O) groups is 2. The van der Waals surface area contributed by atoms with Crippen LogP contribution in [-0.4, -0.2) is 22.0 Å². The first kappa shape index (κ1) is 10.9. The minimum Gasteiger partial charge on any atom is -0.477 e. The molecule has 1 amide bonds. The summed E-state index contributed by atoms with van der Waals surface area (Å²) in [4.78, 5) is 24.6. The van der Waals surface area contributed by atoms with Crippen LogP contribution in [0.1, 0.15) is 22.5 Å². The van der Waals surface area contributed by atoms with Gasteiger partial charge in [0.1, 0.15) is 5.69 Å². The van der Waals surface area contributed by atoms with Crippen LogP contribution in [0.15, 0.2) is 24.4 Å². The third-order valence-electron chi connectivity index (χ3n) is 1.63. The van der Waals surface area contributed by atoms with Gasteiger partial charge in [-0.3, -0.25) is 4.79 Å². The van der Waals surface area contributed by atoms with Gasteiger partial charge in [0.15, 0.2) is 0 Å². The van der Waals surface area contributed by atoms with Crippen LogP contribution in [0.25, 0.3) is 6.08 Å². The van der Waals surface area contributed by atoms with Gasteiger partial charge in [-0.2, -0.15) is 0 Å². The molecular weight excluding hydrogens is 196 g/mol. The standard InChI is InChI=1S/C10H10N2O3/c11-9(13)3-1-2-7-4-5-8(10(14)15)12-6-7/h1-2,4-6H,3H2,(H2,11,13)(H,14,15). The lowest BCUT2D eigenvalue weighted by atomic mass is 10.2. The summed E-state index contributed by atoms with van der Waals surface area (Å²) in [6.07, 6.45) is 4.82. The molecule has 0 spiro atoms. The zero-order valence-electron chi connectivity index (χ0n) is 7.88. The molecule has 0 saturated heterocycles. The fraction of sp³-hybridized carbons (Fsp3) is 0.100. The van der Waals surface area contributed by atoms with Crippen LogP contribution in [0.3, 0.4) is 0 Å². The van der Waals surface area contributed by atoms with Gasteiger partial charge < -0.3 is 10.8 Å². The van der Waals surface area contributed by atoms with Crippen LogP contribution in [-0.2, 0) is 4.79 Å². The van der Waals surface area contributed by atoms with Gasteiger partial charge in [-0.15, -0.1) is 0 Å². The number of nitrogens with two attached hydrogens (primary N) is 1. The summed E-state index contributed by atoms with van der Waals surface area (Å²) in [7, 11) is 0. The Balaban J connectivity index is 2.68. The van der Waals surface area contributed by atoms with E-state index in [2.05, 4.69) is 4.98 Å². The number of carboxylic acid groups (broad SMARTS) is 1. The molecule has 0 radical (unpaired) electrons. The largest absolute Gasteiger partial charge is 0.477 e. The maximum atomic E-state index is 10.5. The van der Waals surface area contributed by atoms with E-state index in [-0.39, 0.29) is 12.1 Å². The van der Waals surface area contributed by atoms with E-state index in [9.17, 15) is 9.59 Å². The second kappa shape index (κ2) is 4.90.